The van der Waals surface area contributed by atoms with E-state index in [0.29, 0.717) is 41.7 Å². The van der Waals surface area contributed by atoms with Crippen LogP contribution < -0.4 is 16.4 Å². The van der Waals surface area contributed by atoms with Crippen molar-refractivity contribution in [3.8, 4) is 11.3 Å². The third kappa shape index (κ3) is 5.40. The molecule has 2 aromatic heterocycles. The van der Waals surface area contributed by atoms with Crippen molar-refractivity contribution in [2.75, 3.05) is 23.7 Å². The van der Waals surface area contributed by atoms with Gasteiger partial charge >= 0.3 is 6.03 Å². The minimum Gasteiger partial charge on any atom is -0.365 e. The summed E-state index contributed by atoms with van der Waals surface area (Å²) in [5, 5.41) is 12.9. The first-order valence-electron chi connectivity index (χ1n) is 11.8. The Hall–Kier alpha value is -4.80. The average molecular weight is 501 g/mol. The summed E-state index contributed by atoms with van der Waals surface area (Å²) < 4.78 is 13.3. The van der Waals surface area contributed by atoms with E-state index >= 15 is 0 Å². The fourth-order valence-electron chi connectivity index (χ4n) is 4.46. The quantitative estimate of drug-likeness (QED) is 0.312. The summed E-state index contributed by atoms with van der Waals surface area (Å²) in [6.07, 6.45) is 6.38. The molecule has 4 aromatic rings. The molecule has 10 nitrogen and oxygen atoms in total. The molecule has 5 rings (SSSR count). The Kier molecular flexibility index (Phi) is 6.75. The Morgan fingerprint density at radius 2 is 1.86 bits per heavy atom. The number of carbonyl (C=O) groups is 2. The summed E-state index contributed by atoms with van der Waals surface area (Å²) in [6.45, 7) is 1.21. The highest BCUT2D eigenvalue weighted by Crippen LogP contribution is 2.30. The van der Waals surface area contributed by atoms with Crippen LogP contribution in [0.15, 0.2) is 67.1 Å². The van der Waals surface area contributed by atoms with E-state index in [4.69, 9.17) is 5.73 Å². The smallest absolute Gasteiger partial charge is 0.321 e. The fraction of sp³-hybridized carbons (Fsp3) is 0.192. The number of urea groups is 1. The lowest BCUT2D eigenvalue weighted by molar-refractivity contribution is 0.100. The maximum atomic E-state index is 13.3. The zero-order chi connectivity index (χ0) is 25.8. The predicted octanol–water partition coefficient (Wildman–Crippen LogP) is 4.26. The number of H-pyrrole nitrogens is 1. The minimum atomic E-state index is -0.659. The first kappa shape index (κ1) is 23.9. The average Bonchev–Trinajstić information content (AvgIpc) is 3.34. The van der Waals surface area contributed by atoms with Crippen molar-refractivity contribution in [3.63, 3.8) is 0 Å². The van der Waals surface area contributed by atoms with E-state index in [1.807, 2.05) is 0 Å². The molecule has 0 spiro atoms. The van der Waals surface area contributed by atoms with Crippen LogP contribution in [-0.2, 0) is 0 Å². The van der Waals surface area contributed by atoms with Crippen LogP contribution in [0.5, 0.6) is 0 Å². The van der Waals surface area contributed by atoms with Gasteiger partial charge in [-0.2, -0.15) is 5.10 Å². The lowest BCUT2D eigenvalue weighted by atomic mass is 9.91. The van der Waals surface area contributed by atoms with Crippen LogP contribution in [0.4, 0.5) is 26.5 Å². The number of nitrogens with zero attached hydrogens (tertiary/aromatic N) is 4. The molecule has 0 saturated carbocycles. The van der Waals surface area contributed by atoms with E-state index in [1.54, 1.807) is 41.3 Å². The number of benzene rings is 2. The summed E-state index contributed by atoms with van der Waals surface area (Å²) in [4.78, 5) is 35.0. The van der Waals surface area contributed by atoms with Gasteiger partial charge in [0.05, 0.1) is 6.20 Å². The third-order valence-electron chi connectivity index (χ3n) is 6.29. The van der Waals surface area contributed by atoms with E-state index < -0.39 is 5.91 Å². The molecule has 1 saturated heterocycles. The molecule has 2 aromatic carbocycles. The Labute approximate surface area is 212 Å². The highest BCUT2D eigenvalue weighted by Gasteiger charge is 2.25. The first-order valence-corrected chi connectivity index (χ1v) is 11.8. The second kappa shape index (κ2) is 10.4. The molecule has 188 valence electrons. The number of nitrogens with one attached hydrogen (secondary N) is 3. The van der Waals surface area contributed by atoms with Crippen LogP contribution in [-0.4, -0.2) is 50.1 Å². The molecular weight excluding hydrogens is 475 g/mol. The van der Waals surface area contributed by atoms with Crippen LogP contribution in [0, 0.1) is 5.82 Å². The summed E-state index contributed by atoms with van der Waals surface area (Å²) in [5.41, 5.74) is 8.46. The van der Waals surface area contributed by atoms with Gasteiger partial charge < -0.3 is 21.3 Å². The number of hydrogen-bond acceptors (Lipinski definition) is 6. The van der Waals surface area contributed by atoms with Crippen molar-refractivity contribution in [1.29, 1.82) is 0 Å². The van der Waals surface area contributed by atoms with E-state index in [-0.39, 0.29) is 23.3 Å². The molecular formula is C26H25FN8O2. The molecule has 5 N–H and O–H groups in total. The van der Waals surface area contributed by atoms with Gasteiger partial charge in [-0.05, 0) is 42.7 Å². The zero-order valence-electron chi connectivity index (χ0n) is 19.8. The van der Waals surface area contributed by atoms with Crippen LogP contribution >= 0.6 is 0 Å². The SMILES string of the molecule is NC(=O)c1c(-c2ccc(NC(=O)N3CCCC(c4ccc(F)cc4)C3)cc2)n[nH]c1Nc1cnccn1. The fourth-order valence-corrected chi connectivity index (χ4v) is 4.46. The van der Waals surface area contributed by atoms with Crippen LogP contribution in [0.1, 0.15) is 34.7 Å². The molecule has 1 fully saturated rings. The monoisotopic (exact) mass is 500 g/mol. The summed E-state index contributed by atoms with van der Waals surface area (Å²) in [7, 11) is 0. The van der Waals surface area contributed by atoms with Gasteiger partial charge in [-0.3, -0.25) is 14.9 Å². The number of hydrogen-bond donors (Lipinski definition) is 4. The minimum absolute atomic E-state index is 0.166. The molecule has 3 amide bonds. The topological polar surface area (TPSA) is 142 Å². The third-order valence-corrected chi connectivity index (χ3v) is 6.29. The predicted molar refractivity (Wildman–Crippen MR) is 137 cm³/mol. The number of amides is 3. The maximum Gasteiger partial charge on any atom is 0.321 e. The number of nitrogens with two attached hydrogens (primary N) is 1. The number of rotatable bonds is 6. The number of halogens is 1. The molecule has 0 bridgehead atoms. The van der Waals surface area contributed by atoms with Gasteiger partial charge in [0.15, 0.2) is 0 Å². The van der Waals surface area contributed by atoms with Crippen molar-refractivity contribution in [2.24, 2.45) is 5.73 Å². The molecule has 1 unspecified atom stereocenters. The van der Waals surface area contributed by atoms with Crippen molar-refractivity contribution >= 4 is 29.3 Å². The summed E-state index contributed by atoms with van der Waals surface area (Å²) >= 11 is 0. The lowest BCUT2D eigenvalue weighted by Gasteiger charge is -2.33. The number of aromatic nitrogens is 4. The molecule has 37 heavy (non-hydrogen) atoms. The van der Waals surface area contributed by atoms with Gasteiger partial charge in [0, 0.05) is 42.7 Å². The molecule has 3 heterocycles. The highest BCUT2D eigenvalue weighted by molar-refractivity contribution is 6.04. The normalized spacial score (nSPS) is 15.3. The second-order valence-electron chi connectivity index (χ2n) is 8.75. The number of likely N-dealkylation sites (tertiary alicyclic amines) is 1. The van der Waals surface area contributed by atoms with Gasteiger partial charge in [0.1, 0.15) is 28.7 Å². The van der Waals surface area contributed by atoms with E-state index in [1.165, 1.54) is 30.7 Å². The van der Waals surface area contributed by atoms with Crippen LogP contribution in [0.2, 0.25) is 0 Å². The number of aromatic amines is 1. The van der Waals surface area contributed by atoms with E-state index in [9.17, 15) is 14.0 Å². The van der Waals surface area contributed by atoms with E-state index in [2.05, 4.69) is 30.8 Å². The number of primary amides is 1. The maximum absolute atomic E-state index is 13.3. The first-order chi connectivity index (χ1) is 18.0. The molecule has 0 aliphatic carbocycles. The summed E-state index contributed by atoms with van der Waals surface area (Å²) in [6, 6.07) is 13.2. The van der Waals surface area contributed by atoms with Crippen molar-refractivity contribution in [3.05, 3.63) is 84.1 Å². The lowest BCUT2D eigenvalue weighted by Crippen LogP contribution is -2.41. The Morgan fingerprint density at radius 3 is 2.57 bits per heavy atom. The van der Waals surface area contributed by atoms with Crippen LogP contribution in [0.3, 0.4) is 0 Å². The molecule has 11 heteroatoms. The zero-order valence-corrected chi connectivity index (χ0v) is 19.8. The molecule has 1 aliphatic heterocycles. The number of piperidine rings is 1. The number of anilines is 3. The van der Waals surface area contributed by atoms with Gasteiger partial charge in [-0.15, -0.1) is 0 Å². The van der Waals surface area contributed by atoms with Gasteiger partial charge in [0.25, 0.3) is 5.91 Å². The van der Waals surface area contributed by atoms with Gasteiger partial charge in [-0.25, -0.2) is 14.2 Å². The standard InChI is InChI=1S/C26H25FN8O2/c27-19-7-3-16(4-8-19)18-2-1-13-35(15-18)26(37)31-20-9-5-17(6-10-20)23-22(24(28)36)25(34-33-23)32-21-14-29-11-12-30-21/h3-12,14,18H,1-2,13,15H2,(H2,28,36)(H,31,37)(H2,30,32,33,34). The van der Waals surface area contributed by atoms with Gasteiger partial charge in [-0.1, -0.05) is 24.3 Å². The Morgan fingerprint density at radius 1 is 1.08 bits per heavy atom. The molecule has 0 radical (unpaired) electrons. The van der Waals surface area contributed by atoms with E-state index in [0.717, 1.165) is 18.4 Å². The Bertz CT molecular complexity index is 1390. The Balaban J connectivity index is 1.27. The second-order valence-corrected chi connectivity index (χ2v) is 8.75. The van der Waals surface area contributed by atoms with Crippen molar-refractivity contribution in [2.45, 2.75) is 18.8 Å². The van der Waals surface area contributed by atoms with Crippen LogP contribution in [0.25, 0.3) is 11.3 Å². The summed E-state index contributed by atoms with van der Waals surface area (Å²) in [5.74, 6) is -0.0282. The van der Waals surface area contributed by atoms with Crippen molar-refractivity contribution in [1.82, 2.24) is 25.1 Å². The molecule has 1 atom stereocenters. The van der Waals surface area contributed by atoms with Crippen molar-refractivity contribution < 1.29 is 14.0 Å². The molecule has 1 aliphatic rings. The highest BCUT2D eigenvalue weighted by atomic mass is 19.1. The van der Waals surface area contributed by atoms with Gasteiger partial charge in [0.2, 0.25) is 0 Å². The largest absolute Gasteiger partial charge is 0.365 e. The number of carbonyl (C=O) groups excluding carboxylic acids is 2.